The van der Waals surface area contributed by atoms with Crippen molar-refractivity contribution >= 4 is 28.9 Å². The van der Waals surface area contributed by atoms with Gasteiger partial charge < -0.3 is 28.8 Å². The molecule has 1 amide bonds. The Balaban J connectivity index is 1.26. The number of nitrogens with zero attached hydrogens (tertiary/aromatic N) is 6. The number of aromatic nitrogens is 2. The van der Waals surface area contributed by atoms with Crippen LogP contribution in [-0.2, 0) is 38.3 Å². The molecule has 0 saturated carbocycles. The molecule has 2 aliphatic heterocycles. The summed E-state index contributed by atoms with van der Waals surface area (Å²) >= 11 is 6.68. The fourth-order valence-corrected chi connectivity index (χ4v) is 7.67. The van der Waals surface area contributed by atoms with Gasteiger partial charge in [-0.25, -0.2) is 0 Å². The smallest absolute Gasteiger partial charge is 0.255 e. The van der Waals surface area contributed by atoms with E-state index in [9.17, 15) is 15.2 Å². The molecule has 1 saturated heterocycles. The first-order valence-electron chi connectivity index (χ1n) is 17.4. The molecule has 2 aromatic heterocycles. The van der Waals surface area contributed by atoms with E-state index in [1.807, 2.05) is 62.0 Å². The molecule has 262 valence electrons. The van der Waals surface area contributed by atoms with Gasteiger partial charge in [-0.15, -0.1) is 0 Å². The van der Waals surface area contributed by atoms with Crippen molar-refractivity contribution in [3.8, 4) is 23.1 Å². The number of morpholine rings is 1. The van der Waals surface area contributed by atoms with Crippen LogP contribution in [0, 0.1) is 25.2 Å². The van der Waals surface area contributed by atoms with Crippen molar-refractivity contribution in [2.75, 3.05) is 37.7 Å². The van der Waals surface area contributed by atoms with Gasteiger partial charge in [0, 0.05) is 91.8 Å². The summed E-state index contributed by atoms with van der Waals surface area (Å²) in [7, 11) is 3.91. The van der Waals surface area contributed by atoms with Crippen LogP contribution >= 0.6 is 11.6 Å². The van der Waals surface area contributed by atoms with Gasteiger partial charge in [-0.1, -0.05) is 35.9 Å². The number of aromatic hydroxyl groups is 1. The molecule has 4 heterocycles. The van der Waals surface area contributed by atoms with Crippen molar-refractivity contribution in [2.24, 2.45) is 14.1 Å². The molecule has 1 N–H and O–H groups in total. The summed E-state index contributed by atoms with van der Waals surface area (Å²) in [5.74, 6) is 0.173. The van der Waals surface area contributed by atoms with E-state index in [1.165, 1.54) is 11.1 Å². The zero-order chi connectivity index (χ0) is 35.8. The lowest BCUT2D eigenvalue weighted by atomic mass is 9.92. The van der Waals surface area contributed by atoms with Gasteiger partial charge in [-0.05, 0) is 91.6 Å². The van der Waals surface area contributed by atoms with E-state index in [0.29, 0.717) is 42.6 Å². The van der Waals surface area contributed by atoms with E-state index in [-0.39, 0.29) is 17.7 Å². The Bertz CT molecular complexity index is 2120. The second-order valence-electron chi connectivity index (χ2n) is 13.6. The van der Waals surface area contributed by atoms with Crippen LogP contribution in [0.15, 0.2) is 78.9 Å². The molecule has 3 aromatic carbocycles. The summed E-state index contributed by atoms with van der Waals surface area (Å²) in [5.41, 5.74) is 10.2. The van der Waals surface area contributed by atoms with Crippen LogP contribution in [0.3, 0.4) is 0 Å². The number of rotatable bonds is 8. The second-order valence-corrected chi connectivity index (χ2v) is 14.1. The summed E-state index contributed by atoms with van der Waals surface area (Å²) in [6.45, 7) is 9.06. The van der Waals surface area contributed by atoms with E-state index in [2.05, 4.69) is 56.5 Å². The lowest BCUT2D eigenvalue weighted by Gasteiger charge is -2.40. The Kier molecular flexibility index (Phi) is 9.67. The molecule has 0 aliphatic carbocycles. The predicted octanol–water partition coefficient (Wildman–Crippen LogP) is 7.12. The predicted molar refractivity (Wildman–Crippen MR) is 200 cm³/mol. The Morgan fingerprint density at radius 2 is 1.69 bits per heavy atom. The van der Waals surface area contributed by atoms with E-state index in [4.69, 9.17) is 16.3 Å². The molecule has 2 aliphatic rings. The summed E-state index contributed by atoms with van der Waals surface area (Å²) in [6.07, 6.45) is 0.801. The number of anilines is 2. The summed E-state index contributed by atoms with van der Waals surface area (Å²) in [5, 5.41) is 20.4. The summed E-state index contributed by atoms with van der Waals surface area (Å²) < 4.78 is 9.64. The largest absolute Gasteiger partial charge is 0.508 e. The minimum absolute atomic E-state index is 0.00973. The number of fused-ring (bicyclic) bond motifs is 1. The van der Waals surface area contributed by atoms with Crippen LogP contribution in [0.5, 0.6) is 5.75 Å². The number of halogens is 1. The molecule has 0 radical (unpaired) electrons. The maximum atomic E-state index is 14.8. The van der Waals surface area contributed by atoms with Gasteiger partial charge in [-0.3, -0.25) is 9.69 Å². The van der Waals surface area contributed by atoms with Crippen LogP contribution in [-0.4, -0.2) is 68.8 Å². The first-order chi connectivity index (χ1) is 24.6. The summed E-state index contributed by atoms with van der Waals surface area (Å²) in [4.78, 5) is 21.4. The molecule has 10 heteroatoms. The number of phenols is 1. The molecular formula is C41H43ClN6O3. The van der Waals surface area contributed by atoms with Gasteiger partial charge in [0.15, 0.2) is 0 Å². The lowest BCUT2D eigenvalue weighted by molar-refractivity contribution is 0.0193. The highest BCUT2D eigenvalue weighted by molar-refractivity contribution is 6.31. The van der Waals surface area contributed by atoms with Gasteiger partial charge in [0.05, 0.1) is 18.9 Å². The molecule has 0 spiro atoms. The number of hydrogen-bond donors (Lipinski definition) is 1. The zero-order valence-electron chi connectivity index (χ0n) is 29.6. The molecule has 51 heavy (non-hydrogen) atoms. The quantitative estimate of drug-likeness (QED) is 0.185. The van der Waals surface area contributed by atoms with Crippen molar-refractivity contribution < 1.29 is 14.6 Å². The highest BCUT2D eigenvalue weighted by Crippen LogP contribution is 2.37. The van der Waals surface area contributed by atoms with E-state index in [1.54, 1.807) is 18.2 Å². The Labute approximate surface area is 304 Å². The number of ether oxygens (including phenoxy) is 1. The Morgan fingerprint density at radius 1 is 0.961 bits per heavy atom. The molecule has 0 bridgehead atoms. The Morgan fingerprint density at radius 3 is 2.39 bits per heavy atom. The molecule has 0 unspecified atom stereocenters. The van der Waals surface area contributed by atoms with Crippen LogP contribution < -0.4 is 4.90 Å². The fourth-order valence-electron chi connectivity index (χ4n) is 7.50. The minimum Gasteiger partial charge on any atom is -0.508 e. The molecular weight excluding hydrogens is 660 g/mol. The third-order valence-electron chi connectivity index (χ3n) is 10.7. The van der Waals surface area contributed by atoms with Gasteiger partial charge >= 0.3 is 0 Å². The first kappa shape index (κ1) is 34.4. The maximum Gasteiger partial charge on any atom is 0.255 e. The van der Waals surface area contributed by atoms with Crippen LogP contribution in [0.1, 0.15) is 44.1 Å². The average Bonchev–Trinajstić information content (AvgIpc) is 3.59. The lowest BCUT2D eigenvalue weighted by Crippen LogP contribution is -2.52. The Hall–Kier alpha value is -5.01. The standard InChI is InChI=1S/C41H43ClN6O3/c1-27-31(25-47(33-10-12-36(49)13-11-33)39-22-34(23-43)44(3)28(39)2)20-40(45(27)4)38-21-32(42)9-14-37(38)41(50)48-24-30-8-6-5-7-29(30)19-35(48)26-46-15-17-51-18-16-46/h5-14,20-22,35,49H,15-19,24-26H2,1-4H3/t35-/m0/s1. The third kappa shape index (κ3) is 6.75. The van der Waals surface area contributed by atoms with Gasteiger partial charge in [0.2, 0.25) is 0 Å². The summed E-state index contributed by atoms with van der Waals surface area (Å²) in [6, 6.07) is 27.5. The number of carbonyl (C=O) groups excluding carboxylic acids is 1. The van der Waals surface area contributed by atoms with Gasteiger partial charge in [-0.2, -0.15) is 5.26 Å². The average molecular weight is 703 g/mol. The fraction of sp³-hybridized carbons (Fsp3) is 0.317. The molecule has 9 nitrogen and oxygen atoms in total. The number of hydrogen-bond acceptors (Lipinski definition) is 6. The van der Waals surface area contributed by atoms with Crippen molar-refractivity contribution in [2.45, 2.75) is 39.4 Å². The highest BCUT2D eigenvalue weighted by atomic mass is 35.5. The van der Waals surface area contributed by atoms with Gasteiger partial charge in [0.1, 0.15) is 17.5 Å². The monoisotopic (exact) mass is 702 g/mol. The number of benzene rings is 3. The number of amides is 1. The second kappa shape index (κ2) is 14.3. The van der Waals surface area contributed by atoms with Crippen molar-refractivity contribution in [3.63, 3.8) is 0 Å². The van der Waals surface area contributed by atoms with Crippen LogP contribution in [0.2, 0.25) is 5.02 Å². The number of phenolic OH excluding ortho intramolecular Hbond substituents is 1. The van der Waals surface area contributed by atoms with Gasteiger partial charge in [0.25, 0.3) is 5.91 Å². The number of carbonyl (C=O) groups is 1. The highest BCUT2D eigenvalue weighted by Gasteiger charge is 2.33. The van der Waals surface area contributed by atoms with Crippen LogP contribution in [0.25, 0.3) is 11.3 Å². The first-order valence-corrected chi connectivity index (χ1v) is 17.8. The minimum atomic E-state index is -0.00973. The van der Waals surface area contributed by atoms with E-state index in [0.717, 1.165) is 65.6 Å². The van der Waals surface area contributed by atoms with Crippen LogP contribution in [0.4, 0.5) is 11.4 Å². The molecule has 1 atom stereocenters. The van der Waals surface area contributed by atoms with Crippen molar-refractivity contribution in [3.05, 3.63) is 123 Å². The topological polar surface area (TPSA) is 89.9 Å². The zero-order valence-corrected chi connectivity index (χ0v) is 30.3. The number of nitriles is 1. The third-order valence-corrected chi connectivity index (χ3v) is 11.0. The molecule has 7 rings (SSSR count). The van der Waals surface area contributed by atoms with E-state index < -0.39 is 0 Å². The van der Waals surface area contributed by atoms with Crippen molar-refractivity contribution in [1.82, 2.24) is 18.9 Å². The molecule has 1 fully saturated rings. The maximum absolute atomic E-state index is 14.8. The van der Waals surface area contributed by atoms with Crippen molar-refractivity contribution in [1.29, 1.82) is 5.26 Å². The normalized spacial score (nSPS) is 16.2. The van der Waals surface area contributed by atoms with E-state index >= 15 is 0 Å². The SMILES string of the molecule is Cc1c(N(Cc2cc(-c3cc(Cl)ccc3C(=O)N3Cc4ccccc4C[C@H]3CN3CCOCC3)n(C)c2C)c2ccc(O)cc2)cc(C#N)n1C. The molecule has 5 aromatic rings.